The van der Waals surface area contributed by atoms with Crippen molar-refractivity contribution in [3.63, 3.8) is 0 Å². The van der Waals surface area contributed by atoms with Gasteiger partial charge in [-0.3, -0.25) is 9.20 Å². The monoisotopic (exact) mass is 251 g/mol. The third-order valence-electron chi connectivity index (χ3n) is 3.13. The third-order valence-corrected chi connectivity index (χ3v) is 3.13. The van der Waals surface area contributed by atoms with Crippen LogP contribution in [0, 0.1) is 0 Å². The first-order chi connectivity index (χ1) is 9.28. The smallest absolute Gasteiger partial charge is 0.255 e. The van der Waals surface area contributed by atoms with Crippen LogP contribution in [0.2, 0.25) is 0 Å². The zero-order valence-electron chi connectivity index (χ0n) is 10.5. The molecular formula is C16H13NO2. The van der Waals surface area contributed by atoms with E-state index in [4.69, 9.17) is 4.74 Å². The number of ether oxygens (including phenoxy) is 1. The summed E-state index contributed by atoms with van der Waals surface area (Å²) in [5.41, 5.74) is 2.79. The standard InChI is InChI=1S/C16H13NO2/c1-19-15-7-5-12(6-8-15)13-10-14-4-2-3-9-17(14)16(18)11-13/h2-11H,1H3. The fraction of sp³-hybridized carbons (Fsp3) is 0.0625. The van der Waals surface area contributed by atoms with Crippen molar-refractivity contribution in [2.24, 2.45) is 0 Å². The second kappa shape index (κ2) is 4.61. The quantitative estimate of drug-likeness (QED) is 0.701. The number of nitrogens with zero attached hydrogens (tertiary/aromatic N) is 1. The molecule has 0 bridgehead atoms. The van der Waals surface area contributed by atoms with Gasteiger partial charge in [0.1, 0.15) is 5.75 Å². The van der Waals surface area contributed by atoms with Crippen molar-refractivity contribution in [1.82, 2.24) is 4.40 Å². The van der Waals surface area contributed by atoms with E-state index in [1.165, 1.54) is 0 Å². The fourth-order valence-electron chi connectivity index (χ4n) is 2.13. The highest BCUT2D eigenvalue weighted by Gasteiger charge is 2.02. The van der Waals surface area contributed by atoms with Gasteiger partial charge in [0.05, 0.1) is 7.11 Å². The van der Waals surface area contributed by atoms with Gasteiger partial charge in [-0.05, 0) is 41.5 Å². The zero-order chi connectivity index (χ0) is 13.2. The summed E-state index contributed by atoms with van der Waals surface area (Å²) in [4.78, 5) is 12.0. The summed E-state index contributed by atoms with van der Waals surface area (Å²) in [7, 11) is 1.64. The minimum Gasteiger partial charge on any atom is -0.497 e. The first-order valence-electron chi connectivity index (χ1n) is 6.04. The Morgan fingerprint density at radius 2 is 1.74 bits per heavy atom. The molecule has 0 atom stereocenters. The molecular weight excluding hydrogens is 238 g/mol. The van der Waals surface area contributed by atoms with Crippen LogP contribution in [0.25, 0.3) is 16.6 Å². The highest BCUT2D eigenvalue weighted by atomic mass is 16.5. The molecule has 2 heterocycles. The number of fused-ring (bicyclic) bond motifs is 1. The number of rotatable bonds is 2. The van der Waals surface area contributed by atoms with E-state index in [0.717, 1.165) is 22.4 Å². The van der Waals surface area contributed by atoms with E-state index in [1.54, 1.807) is 23.8 Å². The first-order valence-corrected chi connectivity index (χ1v) is 6.04. The number of methoxy groups -OCH3 is 1. The summed E-state index contributed by atoms with van der Waals surface area (Å²) in [5.74, 6) is 0.807. The number of aromatic nitrogens is 1. The van der Waals surface area contributed by atoms with Gasteiger partial charge >= 0.3 is 0 Å². The molecule has 2 aromatic heterocycles. The van der Waals surface area contributed by atoms with Crippen LogP contribution in [0.15, 0.2) is 65.6 Å². The molecule has 0 aliphatic heterocycles. The normalized spacial score (nSPS) is 10.6. The van der Waals surface area contributed by atoms with E-state index < -0.39 is 0 Å². The van der Waals surface area contributed by atoms with Gasteiger partial charge in [0.2, 0.25) is 0 Å². The second-order valence-corrected chi connectivity index (χ2v) is 4.31. The molecule has 94 valence electrons. The summed E-state index contributed by atoms with van der Waals surface area (Å²) >= 11 is 0. The minimum absolute atomic E-state index is 0.0241. The Hall–Kier alpha value is -2.55. The van der Waals surface area contributed by atoms with E-state index in [9.17, 15) is 4.79 Å². The van der Waals surface area contributed by atoms with Crippen LogP contribution in [0.1, 0.15) is 0 Å². The predicted molar refractivity (Wildman–Crippen MR) is 75.7 cm³/mol. The molecule has 0 N–H and O–H groups in total. The molecule has 0 saturated carbocycles. The van der Waals surface area contributed by atoms with Crippen molar-refractivity contribution < 1.29 is 4.74 Å². The second-order valence-electron chi connectivity index (χ2n) is 4.31. The number of hydrogen-bond donors (Lipinski definition) is 0. The first kappa shape index (κ1) is 11.5. The molecule has 0 fully saturated rings. The Morgan fingerprint density at radius 1 is 0.947 bits per heavy atom. The van der Waals surface area contributed by atoms with Crippen molar-refractivity contribution >= 4 is 5.52 Å². The summed E-state index contributed by atoms with van der Waals surface area (Å²) in [6.45, 7) is 0. The lowest BCUT2D eigenvalue weighted by Gasteiger charge is -2.06. The molecule has 0 amide bonds. The maximum atomic E-state index is 12.0. The van der Waals surface area contributed by atoms with E-state index in [2.05, 4.69) is 0 Å². The van der Waals surface area contributed by atoms with Crippen molar-refractivity contribution in [1.29, 1.82) is 0 Å². The average molecular weight is 251 g/mol. The van der Waals surface area contributed by atoms with Gasteiger partial charge < -0.3 is 4.74 Å². The molecule has 3 rings (SSSR count). The highest BCUT2D eigenvalue weighted by molar-refractivity contribution is 5.69. The molecule has 3 aromatic rings. The number of hydrogen-bond acceptors (Lipinski definition) is 2. The molecule has 0 saturated heterocycles. The van der Waals surface area contributed by atoms with Gasteiger partial charge in [-0.1, -0.05) is 18.2 Å². The summed E-state index contributed by atoms with van der Waals surface area (Å²) in [6.07, 6.45) is 1.77. The average Bonchev–Trinajstić information content (AvgIpc) is 2.47. The molecule has 19 heavy (non-hydrogen) atoms. The fourth-order valence-corrected chi connectivity index (χ4v) is 2.13. The third kappa shape index (κ3) is 2.10. The molecule has 0 unspecified atom stereocenters. The Bertz CT molecular complexity index is 773. The zero-order valence-corrected chi connectivity index (χ0v) is 10.5. The highest BCUT2D eigenvalue weighted by Crippen LogP contribution is 2.22. The van der Waals surface area contributed by atoms with Crippen LogP contribution in [-0.4, -0.2) is 11.5 Å². The largest absolute Gasteiger partial charge is 0.497 e. The van der Waals surface area contributed by atoms with E-state index in [1.807, 2.05) is 48.5 Å². The Balaban J connectivity index is 2.16. The summed E-state index contributed by atoms with van der Waals surface area (Å²) < 4.78 is 6.77. The minimum atomic E-state index is -0.0241. The Morgan fingerprint density at radius 3 is 2.47 bits per heavy atom. The van der Waals surface area contributed by atoms with Gasteiger partial charge in [-0.15, -0.1) is 0 Å². The Kier molecular flexibility index (Phi) is 2.80. The van der Waals surface area contributed by atoms with Gasteiger partial charge in [0, 0.05) is 17.8 Å². The maximum Gasteiger partial charge on any atom is 0.255 e. The van der Waals surface area contributed by atoms with E-state index in [0.29, 0.717) is 0 Å². The molecule has 3 nitrogen and oxygen atoms in total. The van der Waals surface area contributed by atoms with Gasteiger partial charge in [-0.2, -0.15) is 0 Å². The molecule has 0 aliphatic carbocycles. The molecule has 0 spiro atoms. The number of pyridine rings is 2. The van der Waals surface area contributed by atoms with Crippen LogP contribution in [0.3, 0.4) is 0 Å². The van der Waals surface area contributed by atoms with Gasteiger partial charge in [0.25, 0.3) is 5.56 Å². The van der Waals surface area contributed by atoms with E-state index >= 15 is 0 Å². The van der Waals surface area contributed by atoms with Crippen LogP contribution in [0.4, 0.5) is 0 Å². The SMILES string of the molecule is COc1ccc(-c2cc(=O)n3ccccc3c2)cc1. The molecule has 0 radical (unpaired) electrons. The summed E-state index contributed by atoms with van der Waals surface area (Å²) in [5, 5.41) is 0. The van der Waals surface area contributed by atoms with Crippen molar-refractivity contribution in [2.75, 3.05) is 7.11 Å². The topological polar surface area (TPSA) is 30.7 Å². The van der Waals surface area contributed by atoms with Crippen molar-refractivity contribution in [3.05, 3.63) is 71.1 Å². The molecule has 0 aliphatic rings. The molecule has 3 heteroatoms. The maximum absolute atomic E-state index is 12.0. The lowest BCUT2D eigenvalue weighted by atomic mass is 10.1. The van der Waals surface area contributed by atoms with Crippen LogP contribution >= 0.6 is 0 Å². The van der Waals surface area contributed by atoms with Gasteiger partial charge in [-0.25, -0.2) is 0 Å². The number of benzene rings is 1. The van der Waals surface area contributed by atoms with E-state index in [-0.39, 0.29) is 5.56 Å². The van der Waals surface area contributed by atoms with Crippen LogP contribution in [0.5, 0.6) is 5.75 Å². The van der Waals surface area contributed by atoms with Crippen molar-refractivity contribution in [3.8, 4) is 16.9 Å². The van der Waals surface area contributed by atoms with Crippen LogP contribution in [-0.2, 0) is 0 Å². The van der Waals surface area contributed by atoms with Crippen LogP contribution < -0.4 is 10.3 Å². The molecule has 1 aromatic carbocycles. The lowest BCUT2D eigenvalue weighted by Crippen LogP contribution is -2.11. The summed E-state index contributed by atoms with van der Waals surface area (Å²) in [6, 6.07) is 17.0. The predicted octanol–water partition coefficient (Wildman–Crippen LogP) is 2.98. The van der Waals surface area contributed by atoms with Crippen molar-refractivity contribution in [2.45, 2.75) is 0 Å². The van der Waals surface area contributed by atoms with Gasteiger partial charge in [0.15, 0.2) is 0 Å². The Labute approximate surface area is 110 Å². The lowest BCUT2D eigenvalue weighted by molar-refractivity contribution is 0.415.